The second kappa shape index (κ2) is 5.10. The van der Waals surface area contributed by atoms with Gasteiger partial charge in [-0.15, -0.1) is 6.42 Å². The van der Waals surface area contributed by atoms with Gasteiger partial charge in [0, 0.05) is 10.9 Å². The Morgan fingerprint density at radius 3 is 2.95 bits per heavy atom. The summed E-state index contributed by atoms with van der Waals surface area (Å²) in [5.41, 5.74) is 1.68. The van der Waals surface area contributed by atoms with Crippen molar-refractivity contribution in [1.29, 1.82) is 0 Å². The lowest BCUT2D eigenvalue weighted by molar-refractivity contribution is -0.120. The number of carbonyl (C=O) groups is 1. The van der Waals surface area contributed by atoms with Crippen molar-refractivity contribution in [3.63, 3.8) is 0 Å². The van der Waals surface area contributed by atoms with Crippen LogP contribution in [0.25, 0.3) is 21.7 Å². The Bertz CT molecular complexity index is 824. The fourth-order valence-corrected chi connectivity index (χ4v) is 2.39. The van der Waals surface area contributed by atoms with Crippen molar-refractivity contribution in [3.05, 3.63) is 48.2 Å². The fourth-order valence-electron chi connectivity index (χ4n) is 2.39. The summed E-state index contributed by atoms with van der Waals surface area (Å²) in [7, 11) is 0. The standard InChI is InChI=1S/C17H13NO2/c1-2-9-18-16(19)10-13-11-20-15-8-7-12-5-3-4-6-14(12)17(13)15/h1,3-8,11H,9-10H2,(H,18,19). The Kier molecular flexibility index (Phi) is 3.14. The lowest BCUT2D eigenvalue weighted by Gasteiger charge is -2.02. The molecule has 20 heavy (non-hydrogen) atoms. The molecule has 3 aromatic rings. The molecule has 0 aliphatic rings. The van der Waals surface area contributed by atoms with Gasteiger partial charge in [-0.05, 0) is 16.8 Å². The maximum absolute atomic E-state index is 11.8. The highest BCUT2D eigenvalue weighted by Gasteiger charge is 2.12. The van der Waals surface area contributed by atoms with E-state index >= 15 is 0 Å². The first-order valence-electron chi connectivity index (χ1n) is 6.37. The summed E-state index contributed by atoms with van der Waals surface area (Å²) in [5.74, 6) is 2.29. The molecule has 1 heterocycles. The van der Waals surface area contributed by atoms with Crippen LogP contribution in [0.2, 0.25) is 0 Å². The summed E-state index contributed by atoms with van der Waals surface area (Å²) in [6, 6.07) is 12.0. The van der Waals surface area contributed by atoms with E-state index in [1.54, 1.807) is 6.26 Å². The van der Waals surface area contributed by atoms with Crippen LogP contribution >= 0.6 is 0 Å². The Hall–Kier alpha value is -2.73. The molecule has 0 aliphatic carbocycles. The maximum Gasteiger partial charge on any atom is 0.225 e. The van der Waals surface area contributed by atoms with Gasteiger partial charge in [-0.2, -0.15) is 0 Å². The monoisotopic (exact) mass is 263 g/mol. The van der Waals surface area contributed by atoms with E-state index in [4.69, 9.17) is 10.8 Å². The molecule has 1 N–H and O–H groups in total. The normalized spacial score (nSPS) is 10.6. The summed E-state index contributed by atoms with van der Waals surface area (Å²) >= 11 is 0. The summed E-state index contributed by atoms with van der Waals surface area (Å²) < 4.78 is 5.54. The predicted octanol–water partition coefficient (Wildman–Crippen LogP) is 2.88. The Morgan fingerprint density at radius 2 is 2.10 bits per heavy atom. The second-order valence-electron chi connectivity index (χ2n) is 4.58. The molecule has 0 aliphatic heterocycles. The van der Waals surface area contributed by atoms with E-state index in [1.165, 1.54) is 0 Å². The molecular formula is C17H13NO2. The van der Waals surface area contributed by atoms with Gasteiger partial charge in [0.1, 0.15) is 5.58 Å². The van der Waals surface area contributed by atoms with Crippen LogP contribution in [0.5, 0.6) is 0 Å². The van der Waals surface area contributed by atoms with Crippen molar-refractivity contribution in [2.75, 3.05) is 6.54 Å². The molecule has 3 heteroatoms. The SMILES string of the molecule is C#CCNC(=O)Cc1coc2ccc3ccccc3c12. The van der Waals surface area contributed by atoms with Crippen molar-refractivity contribution >= 4 is 27.6 Å². The quantitative estimate of drug-likeness (QED) is 0.738. The number of carbonyl (C=O) groups excluding carboxylic acids is 1. The van der Waals surface area contributed by atoms with Gasteiger partial charge in [-0.25, -0.2) is 0 Å². The first kappa shape index (κ1) is 12.3. The second-order valence-corrected chi connectivity index (χ2v) is 4.58. The van der Waals surface area contributed by atoms with E-state index in [0.717, 1.165) is 27.3 Å². The van der Waals surface area contributed by atoms with Crippen molar-refractivity contribution in [1.82, 2.24) is 5.32 Å². The van der Waals surface area contributed by atoms with E-state index in [9.17, 15) is 4.79 Å². The van der Waals surface area contributed by atoms with Crippen LogP contribution in [0.15, 0.2) is 47.1 Å². The lowest BCUT2D eigenvalue weighted by atomic mass is 10.0. The first-order chi connectivity index (χ1) is 9.79. The van der Waals surface area contributed by atoms with Gasteiger partial charge in [0.15, 0.2) is 0 Å². The minimum Gasteiger partial charge on any atom is -0.464 e. The molecule has 0 saturated carbocycles. The molecule has 0 atom stereocenters. The summed E-state index contributed by atoms with van der Waals surface area (Å²) in [6.07, 6.45) is 7.04. The molecular weight excluding hydrogens is 250 g/mol. The zero-order valence-electron chi connectivity index (χ0n) is 10.8. The van der Waals surface area contributed by atoms with Crippen LogP contribution < -0.4 is 5.32 Å². The van der Waals surface area contributed by atoms with Crippen LogP contribution in [0, 0.1) is 12.3 Å². The topological polar surface area (TPSA) is 42.2 Å². The van der Waals surface area contributed by atoms with Crippen LogP contribution in [0.1, 0.15) is 5.56 Å². The maximum atomic E-state index is 11.8. The molecule has 0 spiro atoms. The van der Waals surface area contributed by atoms with Gasteiger partial charge in [0.2, 0.25) is 5.91 Å². The van der Waals surface area contributed by atoms with Crippen LogP contribution in [0.4, 0.5) is 0 Å². The Balaban J connectivity index is 2.06. The molecule has 2 aromatic carbocycles. The summed E-state index contributed by atoms with van der Waals surface area (Å²) in [6.45, 7) is 0.245. The van der Waals surface area contributed by atoms with Gasteiger partial charge in [-0.1, -0.05) is 36.3 Å². The number of rotatable bonds is 3. The number of furan rings is 1. The molecule has 3 rings (SSSR count). The van der Waals surface area contributed by atoms with Gasteiger partial charge >= 0.3 is 0 Å². The largest absolute Gasteiger partial charge is 0.464 e. The van der Waals surface area contributed by atoms with Crippen LogP contribution in [0.3, 0.4) is 0 Å². The van der Waals surface area contributed by atoms with Crippen molar-refractivity contribution < 1.29 is 9.21 Å². The number of amides is 1. The first-order valence-corrected chi connectivity index (χ1v) is 6.37. The smallest absolute Gasteiger partial charge is 0.225 e. The molecule has 0 fully saturated rings. The minimum atomic E-state index is -0.0985. The predicted molar refractivity (Wildman–Crippen MR) is 79.3 cm³/mol. The number of terminal acetylenes is 1. The summed E-state index contributed by atoms with van der Waals surface area (Å²) in [4.78, 5) is 11.8. The molecule has 3 nitrogen and oxygen atoms in total. The number of fused-ring (bicyclic) bond motifs is 3. The summed E-state index contributed by atoms with van der Waals surface area (Å²) in [5, 5.41) is 5.89. The Labute approximate surface area is 116 Å². The number of benzene rings is 2. The van der Waals surface area contributed by atoms with Crippen molar-refractivity contribution in [2.45, 2.75) is 6.42 Å². The fraction of sp³-hybridized carbons (Fsp3) is 0.118. The molecule has 0 bridgehead atoms. The highest BCUT2D eigenvalue weighted by atomic mass is 16.3. The molecule has 1 aromatic heterocycles. The van der Waals surface area contributed by atoms with Crippen molar-refractivity contribution in [2.24, 2.45) is 0 Å². The third-order valence-corrected chi connectivity index (χ3v) is 3.28. The van der Waals surface area contributed by atoms with E-state index in [0.29, 0.717) is 0 Å². The zero-order chi connectivity index (χ0) is 13.9. The molecule has 0 saturated heterocycles. The van der Waals surface area contributed by atoms with Gasteiger partial charge in [0.05, 0.1) is 19.2 Å². The van der Waals surface area contributed by atoms with Crippen LogP contribution in [-0.4, -0.2) is 12.5 Å². The molecule has 98 valence electrons. The van der Waals surface area contributed by atoms with Gasteiger partial charge in [0.25, 0.3) is 0 Å². The average Bonchev–Trinajstić information content (AvgIpc) is 2.88. The third-order valence-electron chi connectivity index (χ3n) is 3.28. The van der Waals surface area contributed by atoms with E-state index in [2.05, 4.69) is 11.2 Å². The third kappa shape index (κ3) is 2.12. The highest BCUT2D eigenvalue weighted by Crippen LogP contribution is 2.29. The van der Waals surface area contributed by atoms with Crippen molar-refractivity contribution in [3.8, 4) is 12.3 Å². The van der Waals surface area contributed by atoms with Gasteiger partial charge in [-0.3, -0.25) is 4.79 Å². The van der Waals surface area contributed by atoms with E-state index in [1.807, 2.05) is 36.4 Å². The lowest BCUT2D eigenvalue weighted by Crippen LogP contribution is -2.25. The number of hydrogen-bond acceptors (Lipinski definition) is 2. The Morgan fingerprint density at radius 1 is 1.25 bits per heavy atom. The molecule has 0 radical (unpaired) electrons. The molecule has 0 unspecified atom stereocenters. The van der Waals surface area contributed by atoms with E-state index in [-0.39, 0.29) is 18.9 Å². The minimum absolute atomic E-state index is 0.0985. The molecule has 1 amide bonds. The number of nitrogens with one attached hydrogen (secondary N) is 1. The highest BCUT2D eigenvalue weighted by molar-refractivity contribution is 6.08. The average molecular weight is 263 g/mol. The van der Waals surface area contributed by atoms with Gasteiger partial charge < -0.3 is 9.73 Å². The van der Waals surface area contributed by atoms with Crippen LogP contribution in [-0.2, 0) is 11.2 Å². The van der Waals surface area contributed by atoms with E-state index < -0.39 is 0 Å². The number of hydrogen-bond donors (Lipinski definition) is 1. The zero-order valence-corrected chi connectivity index (χ0v) is 10.8.